The standard InChI is InChI=1S/C21H18N4O5S2/c1-3-18-24-25-19(22)15(20(26)23-21(25)31-18)11-13-9-10-16(17(12-13)29-2)30-32(27,28)14-7-5-4-6-8-14/h4-12,22H,3H2,1-2H3/b15-11-,22-19?. The number of carbonyl (C=O) groups excluding carboxylic acids is 1. The van der Waals surface area contributed by atoms with Crippen LogP contribution in [-0.4, -0.2) is 42.5 Å². The highest BCUT2D eigenvalue weighted by atomic mass is 32.2. The number of fused-ring (bicyclic) bond motifs is 1. The lowest BCUT2D eigenvalue weighted by Crippen LogP contribution is -2.35. The van der Waals surface area contributed by atoms with Gasteiger partial charge in [-0.05, 0) is 54.1 Å². The third kappa shape index (κ3) is 4.16. The molecule has 0 unspecified atom stereocenters. The van der Waals surface area contributed by atoms with Gasteiger partial charge in [0.25, 0.3) is 5.91 Å². The molecule has 0 fully saturated rings. The fourth-order valence-electron chi connectivity index (χ4n) is 2.94. The Bertz CT molecular complexity index is 1300. The van der Waals surface area contributed by atoms with Gasteiger partial charge >= 0.3 is 10.1 Å². The molecule has 164 valence electrons. The first kappa shape index (κ1) is 21.8. The zero-order chi connectivity index (χ0) is 22.9. The molecule has 0 saturated heterocycles. The van der Waals surface area contributed by atoms with Gasteiger partial charge in [0.15, 0.2) is 17.3 Å². The van der Waals surface area contributed by atoms with Crippen LogP contribution in [0.2, 0.25) is 0 Å². The maximum absolute atomic E-state index is 12.5. The van der Waals surface area contributed by atoms with Crippen LogP contribution in [0.3, 0.4) is 0 Å². The minimum Gasteiger partial charge on any atom is -0.493 e. The van der Waals surface area contributed by atoms with Crippen molar-refractivity contribution in [1.82, 2.24) is 5.01 Å². The number of benzene rings is 2. The normalized spacial score (nSPS) is 17.2. The SMILES string of the molecule is CCC1=NN2C(=N)/C(=C/c3ccc(OS(=O)(=O)c4ccccc4)c(OC)c3)C(=O)N=C2S1. The molecular weight excluding hydrogens is 452 g/mol. The molecule has 0 spiro atoms. The van der Waals surface area contributed by atoms with Gasteiger partial charge in [-0.1, -0.05) is 31.2 Å². The summed E-state index contributed by atoms with van der Waals surface area (Å²) in [6.45, 7) is 1.93. The van der Waals surface area contributed by atoms with E-state index in [0.29, 0.717) is 17.2 Å². The summed E-state index contributed by atoms with van der Waals surface area (Å²) in [6.07, 6.45) is 2.15. The molecule has 0 aliphatic carbocycles. The van der Waals surface area contributed by atoms with Gasteiger partial charge in [-0.25, -0.2) is 0 Å². The van der Waals surface area contributed by atoms with E-state index in [2.05, 4.69) is 10.1 Å². The van der Waals surface area contributed by atoms with Crippen LogP contribution in [0.15, 0.2) is 69.1 Å². The number of hydrazone groups is 1. The first-order chi connectivity index (χ1) is 15.3. The van der Waals surface area contributed by atoms with E-state index in [0.717, 1.165) is 5.04 Å². The summed E-state index contributed by atoms with van der Waals surface area (Å²) in [6, 6.07) is 12.3. The summed E-state index contributed by atoms with van der Waals surface area (Å²) in [4.78, 5) is 16.5. The van der Waals surface area contributed by atoms with Crippen LogP contribution in [-0.2, 0) is 14.9 Å². The molecule has 1 amide bonds. The highest BCUT2D eigenvalue weighted by Crippen LogP contribution is 2.33. The molecule has 2 heterocycles. The average Bonchev–Trinajstić information content (AvgIpc) is 3.21. The van der Waals surface area contributed by atoms with Gasteiger partial charge in [0, 0.05) is 0 Å². The van der Waals surface area contributed by atoms with Crippen molar-refractivity contribution in [2.45, 2.75) is 18.2 Å². The van der Waals surface area contributed by atoms with E-state index in [1.165, 1.54) is 54.2 Å². The lowest BCUT2D eigenvalue weighted by Gasteiger charge is -2.20. The number of aliphatic imine (C=N–C) groups is 1. The molecule has 1 N–H and O–H groups in total. The van der Waals surface area contributed by atoms with E-state index < -0.39 is 16.0 Å². The molecule has 0 radical (unpaired) electrons. The van der Waals surface area contributed by atoms with E-state index in [1.807, 2.05) is 6.92 Å². The van der Waals surface area contributed by atoms with Crippen molar-refractivity contribution in [2.75, 3.05) is 7.11 Å². The number of nitrogens with one attached hydrogen (secondary N) is 1. The molecule has 0 aromatic heterocycles. The largest absolute Gasteiger partial charge is 0.493 e. The summed E-state index contributed by atoms with van der Waals surface area (Å²) in [7, 11) is -2.67. The Labute approximate surface area is 189 Å². The molecular formula is C21H18N4O5S2. The molecule has 32 heavy (non-hydrogen) atoms. The van der Waals surface area contributed by atoms with E-state index >= 15 is 0 Å². The highest BCUT2D eigenvalue weighted by molar-refractivity contribution is 8.26. The quantitative estimate of drug-likeness (QED) is 0.507. The summed E-state index contributed by atoms with van der Waals surface area (Å²) in [5.74, 6) is -0.480. The Morgan fingerprint density at radius 1 is 1.16 bits per heavy atom. The Kier molecular flexibility index (Phi) is 5.85. The van der Waals surface area contributed by atoms with Gasteiger partial charge in [-0.15, -0.1) is 0 Å². The molecule has 4 rings (SSSR count). The highest BCUT2D eigenvalue weighted by Gasteiger charge is 2.35. The molecule has 2 aliphatic rings. The Balaban J connectivity index is 1.64. The topological polar surface area (TPSA) is 121 Å². The number of hydrogen-bond acceptors (Lipinski definition) is 8. The van der Waals surface area contributed by atoms with Crippen molar-refractivity contribution in [3.63, 3.8) is 0 Å². The maximum atomic E-state index is 12.5. The van der Waals surface area contributed by atoms with E-state index in [4.69, 9.17) is 14.3 Å². The van der Waals surface area contributed by atoms with Crippen molar-refractivity contribution in [3.05, 3.63) is 59.7 Å². The van der Waals surface area contributed by atoms with Crippen LogP contribution in [0.1, 0.15) is 18.9 Å². The third-order valence-corrected chi connectivity index (χ3v) is 6.83. The molecule has 0 bridgehead atoms. The smallest absolute Gasteiger partial charge is 0.339 e. The second kappa shape index (κ2) is 8.60. The number of rotatable bonds is 6. The van der Waals surface area contributed by atoms with Gasteiger partial charge < -0.3 is 8.92 Å². The molecule has 9 nitrogen and oxygen atoms in total. The van der Waals surface area contributed by atoms with E-state index in [-0.39, 0.29) is 27.8 Å². The van der Waals surface area contributed by atoms with Crippen LogP contribution in [0.4, 0.5) is 0 Å². The number of carbonyl (C=O) groups is 1. The predicted octanol–water partition coefficient (Wildman–Crippen LogP) is 3.49. The zero-order valence-corrected chi connectivity index (χ0v) is 18.7. The number of nitrogens with zero attached hydrogens (tertiary/aromatic N) is 3. The number of hydrogen-bond donors (Lipinski definition) is 1. The van der Waals surface area contributed by atoms with Crippen LogP contribution in [0.5, 0.6) is 11.5 Å². The summed E-state index contributed by atoms with van der Waals surface area (Å²) >= 11 is 1.27. The first-order valence-corrected chi connectivity index (χ1v) is 11.7. The van der Waals surface area contributed by atoms with Crippen LogP contribution in [0, 0.1) is 5.41 Å². The average molecular weight is 471 g/mol. The van der Waals surface area contributed by atoms with Crippen molar-refractivity contribution in [3.8, 4) is 11.5 Å². The molecule has 2 aliphatic heterocycles. The second-order valence-electron chi connectivity index (χ2n) is 6.63. The summed E-state index contributed by atoms with van der Waals surface area (Å²) in [5.41, 5.74) is 0.563. The molecule has 0 saturated carbocycles. The summed E-state index contributed by atoms with van der Waals surface area (Å²) < 4.78 is 35.6. The Hall–Kier alpha value is -3.44. The fourth-order valence-corrected chi connectivity index (χ4v) is 4.72. The lowest BCUT2D eigenvalue weighted by molar-refractivity contribution is -0.114. The van der Waals surface area contributed by atoms with Crippen LogP contribution < -0.4 is 8.92 Å². The van der Waals surface area contributed by atoms with E-state index in [1.54, 1.807) is 24.3 Å². The summed E-state index contributed by atoms with van der Waals surface area (Å²) in [5, 5.41) is 15.1. The minimum atomic E-state index is -4.05. The van der Waals surface area contributed by atoms with Gasteiger partial charge in [-0.2, -0.15) is 23.5 Å². The number of methoxy groups -OCH3 is 1. The molecule has 0 atom stereocenters. The lowest BCUT2D eigenvalue weighted by atomic mass is 10.1. The molecule has 2 aromatic carbocycles. The monoisotopic (exact) mass is 470 g/mol. The van der Waals surface area contributed by atoms with E-state index in [9.17, 15) is 13.2 Å². The van der Waals surface area contributed by atoms with Gasteiger partial charge in [-0.3, -0.25) is 10.2 Å². The fraction of sp³-hybridized carbons (Fsp3) is 0.143. The van der Waals surface area contributed by atoms with Crippen molar-refractivity contribution in [2.24, 2.45) is 10.1 Å². The minimum absolute atomic E-state index is 0.00279. The van der Waals surface area contributed by atoms with Crippen molar-refractivity contribution in [1.29, 1.82) is 5.41 Å². The number of amidine groups is 2. The molecule has 11 heteroatoms. The number of thioether (sulfide) groups is 1. The first-order valence-electron chi connectivity index (χ1n) is 9.49. The number of amides is 1. The predicted molar refractivity (Wildman–Crippen MR) is 123 cm³/mol. The van der Waals surface area contributed by atoms with Crippen LogP contribution >= 0.6 is 11.8 Å². The Morgan fingerprint density at radius 2 is 1.91 bits per heavy atom. The number of ether oxygens (including phenoxy) is 1. The van der Waals surface area contributed by atoms with Crippen molar-refractivity contribution < 1.29 is 22.1 Å². The second-order valence-corrected chi connectivity index (χ2v) is 9.21. The molecule has 2 aromatic rings. The van der Waals surface area contributed by atoms with Crippen LogP contribution in [0.25, 0.3) is 6.08 Å². The van der Waals surface area contributed by atoms with Gasteiger partial charge in [0.2, 0.25) is 5.17 Å². The third-order valence-electron chi connectivity index (χ3n) is 4.53. The van der Waals surface area contributed by atoms with Gasteiger partial charge in [0.05, 0.1) is 12.7 Å². The zero-order valence-electron chi connectivity index (χ0n) is 17.1. The maximum Gasteiger partial charge on any atom is 0.339 e. The Morgan fingerprint density at radius 3 is 2.59 bits per heavy atom. The van der Waals surface area contributed by atoms with Gasteiger partial charge in [0.1, 0.15) is 9.94 Å². The van der Waals surface area contributed by atoms with Crippen molar-refractivity contribution >= 4 is 49.9 Å².